The molecular formula is C26H37FO2. The lowest BCUT2D eigenvalue weighted by Gasteiger charge is -2.39. The number of ether oxygens (including phenoxy) is 1. The number of hydrogen-bond acceptors (Lipinski definition) is 2. The predicted octanol–water partition coefficient (Wildman–Crippen LogP) is 6.99. The van der Waals surface area contributed by atoms with Crippen molar-refractivity contribution in [2.24, 2.45) is 29.6 Å². The van der Waals surface area contributed by atoms with E-state index in [-0.39, 0.29) is 17.5 Å². The smallest absolute Gasteiger partial charge is 0.176 e. The van der Waals surface area contributed by atoms with Crippen molar-refractivity contribution >= 4 is 5.78 Å². The molecule has 4 rings (SSSR count). The van der Waals surface area contributed by atoms with Crippen molar-refractivity contribution in [3.05, 3.63) is 29.1 Å². The molecule has 0 aromatic heterocycles. The van der Waals surface area contributed by atoms with Crippen LogP contribution in [0.5, 0.6) is 5.75 Å². The Balaban J connectivity index is 1.34. The summed E-state index contributed by atoms with van der Waals surface area (Å²) in [6, 6.07) is 3.60. The number of carbonyl (C=O) groups excluding carboxylic acids is 1. The molecule has 0 amide bonds. The summed E-state index contributed by atoms with van der Waals surface area (Å²) >= 11 is 0. The van der Waals surface area contributed by atoms with Crippen molar-refractivity contribution in [3.63, 3.8) is 0 Å². The molecule has 0 bridgehead atoms. The van der Waals surface area contributed by atoms with Gasteiger partial charge in [-0.15, -0.1) is 0 Å². The quantitative estimate of drug-likeness (QED) is 0.514. The molecule has 3 aliphatic rings. The van der Waals surface area contributed by atoms with Gasteiger partial charge in [0, 0.05) is 5.92 Å². The standard InChI is InChI=1S/C26H37FO2/c1-3-5-17-6-8-18(9-7-17)19-10-12-20(13-11-19)22-16-21-14-15-23(29-4-2)25(27)24(21)26(22)28/h14-15,17-20,22H,3-13,16H2,1-2H3. The first-order chi connectivity index (χ1) is 14.1. The third-order valence-electron chi connectivity index (χ3n) is 8.16. The van der Waals surface area contributed by atoms with Crippen molar-refractivity contribution in [1.82, 2.24) is 0 Å². The predicted molar refractivity (Wildman–Crippen MR) is 115 cm³/mol. The topological polar surface area (TPSA) is 26.3 Å². The largest absolute Gasteiger partial charge is 0.491 e. The van der Waals surface area contributed by atoms with Gasteiger partial charge in [0.15, 0.2) is 17.3 Å². The summed E-state index contributed by atoms with van der Waals surface area (Å²) in [6.07, 6.45) is 13.9. The monoisotopic (exact) mass is 400 g/mol. The first kappa shape index (κ1) is 20.9. The number of fused-ring (bicyclic) bond motifs is 1. The Kier molecular flexibility index (Phi) is 6.61. The van der Waals surface area contributed by atoms with Crippen LogP contribution in [0.1, 0.15) is 94.0 Å². The van der Waals surface area contributed by atoms with E-state index in [1.165, 1.54) is 51.4 Å². The maximum Gasteiger partial charge on any atom is 0.176 e. The van der Waals surface area contributed by atoms with Crippen molar-refractivity contribution in [2.45, 2.75) is 84.5 Å². The van der Waals surface area contributed by atoms with E-state index in [2.05, 4.69) is 6.92 Å². The molecule has 0 aliphatic heterocycles. The summed E-state index contributed by atoms with van der Waals surface area (Å²) in [6.45, 7) is 4.56. The molecule has 2 nitrogen and oxygen atoms in total. The van der Waals surface area contributed by atoms with Gasteiger partial charge in [0.05, 0.1) is 12.2 Å². The highest BCUT2D eigenvalue weighted by Gasteiger charge is 2.41. The molecule has 0 radical (unpaired) electrons. The molecule has 2 saturated carbocycles. The Morgan fingerprint density at radius 1 is 0.931 bits per heavy atom. The molecule has 160 valence electrons. The van der Waals surface area contributed by atoms with Crippen molar-refractivity contribution in [2.75, 3.05) is 6.61 Å². The normalized spacial score (nSPS) is 32.2. The first-order valence-electron chi connectivity index (χ1n) is 12.1. The Labute approximate surface area is 175 Å². The first-order valence-corrected chi connectivity index (χ1v) is 12.1. The van der Waals surface area contributed by atoms with Gasteiger partial charge < -0.3 is 4.74 Å². The molecule has 1 aromatic carbocycles. The van der Waals surface area contributed by atoms with Crippen LogP contribution in [-0.4, -0.2) is 12.4 Å². The van der Waals surface area contributed by atoms with Gasteiger partial charge in [-0.1, -0.05) is 38.7 Å². The summed E-state index contributed by atoms with van der Waals surface area (Å²) in [5.41, 5.74) is 1.20. The van der Waals surface area contributed by atoms with Crippen LogP contribution in [0.2, 0.25) is 0 Å². The van der Waals surface area contributed by atoms with Gasteiger partial charge in [-0.25, -0.2) is 4.39 Å². The number of ketones is 1. The fourth-order valence-corrected chi connectivity index (χ4v) is 6.57. The lowest BCUT2D eigenvalue weighted by molar-refractivity contribution is 0.0807. The van der Waals surface area contributed by atoms with Gasteiger partial charge in [-0.2, -0.15) is 0 Å². The van der Waals surface area contributed by atoms with Crippen molar-refractivity contribution < 1.29 is 13.9 Å². The van der Waals surface area contributed by atoms with E-state index in [0.29, 0.717) is 18.1 Å². The Morgan fingerprint density at radius 2 is 1.55 bits per heavy atom. The van der Waals surface area contributed by atoms with Crippen LogP contribution in [0, 0.1) is 35.4 Å². The van der Waals surface area contributed by atoms with Crippen molar-refractivity contribution in [3.8, 4) is 5.75 Å². The molecule has 0 spiro atoms. The molecule has 29 heavy (non-hydrogen) atoms. The fraction of sp³-hybridized carbons (Fsp3) is 0.731. The maximum atomic E-state index is 14.8. The Hall–Kier alpha value is -1.38. The summed E-state index contributed by atoms with van der Waals surface area (Å²) in [4.78, 5) is 13.1. The zero-order chi connectivity index (χ0) is 20.4. The summed E-state index contributed by atoms with van der Waals surface area (Å²) in [5.74, 6) is 2.97. The minimum Gasteiger partial charge on any atom is -0.491 e. The minimum atomic E-state index is -0.436. The van der Waals surface area contributed by atoms with E-state index < -0.39 is 5.82 Å². The van der Waals surface area contributed by atoms with Gasteiger partial charge in [-0.3, -0.25) is 4.79 Å². The van der Waals surface area contributed by atoms with Crippen LogP contribution in [0.15, 0.2) is 12.1 Å². The van der Waals surface area contributed by atoms with E-state index in [9.17, 15) is 9.18 Å². The average Bonchev–Trinajstić information content (AvgIpc) is 3.08. The second-order valence-corrected chi connectivity index (χ2v) is 9.76. The molecule has 0 saturated heterocycles. The van der Waals surface area contributed by atoms with E-state index >= 15 is 0 Å². The molecule has 1 unspecified atom stereocenters. The van der Waals surface area contributed by atoms with Crippen LogP contribution in [0.25, 0.3) is 0 Å². The summed E-state index contributed by atoms with van der Waals surface area (Å²) in [5, 5.41) is 0. The van der Waals surface area contributed by atoms with Crippen LogP contribution in [-0.2, 0) is 6.42 Å². The van der Waals surface area contributed by atoms with Crippen molar-refractivity contribution in [1.29, 1.82) is 0 Å². The number of hydrogen-bond donors (Lipinski definition) is 0. The molecule has 3 heteroatoms. The lowest BCUT2D eigenvalue weighted by atomic mass is 9.66. The molecular weight excluding hydrogens is 363 g/mol. The third kappa shape index (κ3) is 4.25. The molecule has 0 N–H and O–H groups in total. The zero-order valence-corrected chi connectivity index (χ0v) is 18.2. The van der Waals surface area contributed by atoms with Gasteiger partial charge in [0.25, 0.3) is 0 Å². The fourth-order valence-electron chi connectivity index (χ4n) is 6.57. The molecule has 1 aromatic rings. The number of benzene rings is 1. The third-order valence-corrected chi connectivity index (χ3v) is 8.16. The highest BCUT2D eigenvalue weighted by atomic mass is 19.1. The average molecular weight is 401 g/mol. The van der Waals surface area contributed by atoms with Gasteiger partial charge in [0.2, 0.25) is 0 Å². The number of halogens is 1. The van der Waals surface area contributed by atoms with E-state index in [1.807, 2.05) is 13.0 Å². The zero-order valence-electron chi connectivity index (χ0n) is 18.2. The Morgan fingerprint density at radius 3 is 2.17 bits per heavy atom. The lowest BCUT2D eigenvalue weighted by Crippen LogP contribution is -2.30. The van der Waals surface area contributed by atoms with Crippen LogP contribution >= 0.6 is 0 Å². The molecule has 1 atom stereocenters. The number of carbonyl (C=O) groups is 1. The van der Waals surface area contributed by atoms with E-state index in [0.717, 1.165) is 42.6 Å². The van der Waals surface area contributed by atoms with Crippen LogP contribution in [0.3, 0.4) is 0 Å². The highest BCUT2D eigenvalue weighted by Crippen LogP contribution is 2.46. The van der Waals surface area contributed by atoms with E-state index in [1.54, 1.807) is 6.07 Å². The molecule has 2 fully saturated rings. The van der Waals surface area contributed by atoms with Gasteiger partial charge >= 0.3 is 0 Å². The van der Waals surface area contributed by atoms with E-state index in [4.69, 9.17) is 4.74 Å². The SMILES string of the molecule is CCCC1CCC(C2CCC(C3Cc4ccc(OCC)c(F)c4C3=O)CC2)CC1. The number of rotatable bonds is 6. The second kappa shape index (κ2) is 9.18. The molecule has 3 aliphatic carbocycles. The Bertz CT molecular complexity index is 712. The summed E-state index contributed by atoms with van der Waals surface area (Å²) < 4.78 is 20.2. The maximum absolute atomic E-state index is 14.8. The summed E-state index contributed by atoms with van der Waals surface area (Å²) in [7, 11) is 0. The second-order valence-electron chi connectivity index (χ2n) is 9.76. The van der Waals surface area contributed by atoms with Crippen LogP contribution in [0.4, 0.5) is 4.39 Å². The van der Waals surface area contributed by atoms with Gasteiger partial charge in [-0.05, 0) is 87.2 Å². The molecule has 0 heterocycles. The number of Topliss-reactive ketones (excluding diaryl/α,β-unsaturated/α-hetero) is 1. The minimum absolute atomic E-state index is 0.0161. The van der Waals surface area contributed by atoms with Crippen LogP contribution < -0.4 is 4.74 Å². The highest BCUT2D eigenvalue weighted by molar-refractivity contribution is 6.03. The van der Waals surface area contributed by atoms with Gasteiger partial charge in [0.1, 0.15) is 0 Å².